The predicted octanol–water partition coefficient (Wildman–Crippen LogP) is 2.55. The zero-order valence-electron chi connectivity index (χ0n) is 16.5. The molecule has 1 unspecified atom stereocenters. The summed E-state index contributed by atoms with van der Waals surface area (Å²) in [4.78, 5) is 18.6. The summed E-state index contributed by atoms with van der Waals surface area (Å²) in [7, 11) is 0. The first-order valence-corrected chi connectivity index (χ1v) is 11.1. The number of hydrogen-bond donors (Lipinski definition) is 1. The molecular weight excluding hydrogens is 370 g/mol. The van der Waals surface area contributed by atoms with Gasteiger partial charge in [-0.1, -0.05) is 18.2 Å². The van der Waals surface area contributed by atoms with E-state index in [1.807, 2.05) is 6.92 Å². The number of fused-ring (bicyclic) bond motifs is 1. The highest BCUT2D eigenvalue weighted by molar-refractivity contribution is 7.09. The maximum absolute atomic E-state index is 12.5. The van der Waals surface area contributed by atoms with Crippen LogP contribution in [0, 0.1) is 0 Å². The largest absolute Gasteiger partial charge is 0.493 e. The number of nitrogens with zero attached hydrogens (tertiary/aromatic N) is 2. The average Bonchev–Trinajstić information content (AvgIpc) is 3.39. The number of benzene rings is 1. The van der Waals surface area contributed by atoms with Crippen LogP contribution in [-0.4, -0.2) is 61.1 Å². The van der Waals surface area contributed by atoms with Crippen molar-refractivity contribution in [1.82, 2.24) is 15.1 Å². The Balaban J connectivity index is 1.20. The molecule has 4 rings (SSSR count). The van der Waals surface area contributed by atoms with Gasteiger partial charge in [0.05, 0.1) is 12.6 Å². The van der Waals surface area contributed by atoms with Gasteiger partial charge >= 0.3 is 0 Å². The Morgan fingerprint density at radius 3 is 2.89 bits per heavy atom. The third-order valence-electron chi connectivity index (χ3n) is 5.74. The van der Waals surface area contributed by atoms with E-state index in [0.29, 0.717) is 6.54 Å². The highest BCUT2D eigenvalue weighted by Gasteiger charge is 2.25. The lowest BCUT2D eigenvalue weighted by Gasteiger charge is -2.37. The summed E-state index contributed by atoms with van der Waals surface area (Å²) in [6.45, 7) is 8.40. The van der Waals surface area contributed by atoms with E-state index in [1.165, 1.54) is 16.0 Å². The molecule has 28 heavy (non-hydrogen) atoms. The van der Waals surface area contributed by atoms with Gasteiger partial charge in [0.15, 0.2) is 0 Å². The van der Waals surface area contributed by atoms with E-state index in [1.54, 1.807) is 11.3 Å². The van der Waals surface area contributed by atoms with Gasteiger partial charge in [-0.15, -0.1) is 11.3 Å². The zero-order chi connectivity index (χ0) is 19.3. The fraction of sp³-hybridized carbons (Fsp3) is 0.500. The van der Waals surface area contributed by atoms with Crippen LogP contribution in [0.4, 0.5) is 0 Å². The SMILES string of the molecule is CC(C(=O)NCCc1cccs1)N1CCN(Cc2ccc3c(c2)CCO3)CC1. The van der Waals surface area contributed by atoms with Gasteiger partial charge in [-0.2, -0.15) is 0 Å². The molecule has 1 fully saturated rings. The second-order valence-corrected chi connectivity index (χ2v) is 8.68. The van der Waals surface area contributed by atoms with Crippen molar-refractivity contribution in [2.75, 3.05) is 39.3 Å². The van der Waals surface area contributed by atoms with Crippen LogP contribution in [0.25, 0.3) is 0 Å². The Kier molecular flexibility index (Phi) is 6.29. The Labute approximate surface area is 171 Å². The number of nitrogens with one attached hydrogen (secondary N) is 1. The summed E-state index contributed by atoms with van der Waals surface area (Å²) in [5, 5.41) is 5.17. The Hall–Kier alpha value is -1.89. The minimum absolute atomic E-state index is 0.0670. The van der Waals surface area contributed by atoms with Gasteiger partial charge in [-0.25, -0.2) is 0 Å². The maximum Gasteiger partial charge on any atom is 0.237 e. The number of amides is 1. The number of piperazine rings is 1. The van der Waals surface area contributed by atoms with Crippen molar-refractivity contribution in [3.63, 3.8) is 0 Å². The molecule has 1 amide bonds. The van der Waals surface area contributed by atoms with Crippen LogP contribution in [0.3, 0.4) is 0 Å². The van der Waals surface area contributed by atoms with Crippen LogP contribution >= 0.6 is 11.3 Å². The molecule has 1 aromatic carbocycles. The Morgan fingerprint density at radius 1 is 1.25 bits per heavy atom. The Bertz CT molecular complexity index is 785. The van der Waals surface area contributed by atoms with Crippen molar-refractivity contribution in [2.24, 2.45) is 0 Å². The first-order chi connectivity index (χ1) is 13.7. The zero-order valence-corrected chi connectivity index (χ0v) is 17.3. The van der Waals surface area contributed by atoms with E-state index in [-0.39, 0.29) is 11.9 Å². The van der Waals surface area contributed by atoms with Crippen molar-refractivity contribution in [3.05, 3.63) is 51.7 Å². The first-order valence-electron chi connectivity index (χ1n) is 10.2. The third kappa shape index (κ3) is 4.74. The molecule has 1 atom stereocenters. The lowest BCUT2D eigenvalue weighted by Crippen LogP contribution is -2.53. The summed E-state index contributed by atoms with van der Waals surface area (Å²) in [6, 6.07) is 10.7. The van der Waals surface area contributed by atoms with Gasteiger partial charge in [-0.3, -0.25) is 14.6 Å². The normalized spacial score (nSPS) is 18.5. The molecule has 0 spiro atoms. The number of hydrogen-bond acceptors (Lipinski definition) is 5. The molecule has 1 aromatic heterocycles. The van der Waals surface area contributed by atoms with Crippen molar-refractivity contribution >= 4 is 17.2 Å². The van der Waals surface area contributed by atoms with Crippen molar-refractivity contribution in [3.8, 4) is 5.75 Å². The number of thiophene rings is 1. The van der Waals surface area contributed by atoms with Gasteiger partial charge in [0.2, 0.25) is 5.91 Å². The molecule has 1 saturated heterocycles. The van der Waals surface area contributed by atoms with E-state index in [9.17, 15) is 4.79 Å². The van der Waals surface area contributed by atoms with Gasteiger partial charge in [-0.05, 0) is 42.0 Å². The fourth-order valence-electron chi connectivity index (χ4n) is 3.98. The lowest BCUT2D eigenvalue weighted by atomic mass is 10.1. The van der Waals surface area contributed by atoms with E-state index in [2.05, 4.69) is 50.8 Å². The molecule has 150 valence electrons. The second-order valence-electron chi connectivity index (χ2n) is 7.65. The lowest BCUT2D eigenvalue weighted by molar-refractivity contribution is -0.126. The molecule has 2 aliphatic heterocycles. The van der Waals surface area contributed by atoms with Crippen molar-refractivity contribution < 1.29 is 9.53 Å². The molecule has 3 heterocycles. The highest BCUT2D eigenvalue weighted by Crippen LogP contribution is 2.26. The summed E-state index contributed by atoms with van der Waals surface area (Å²) >= 11 is 1.74. The fourth-order valence-corrected chi connectivity index (χ4v) is 4.69. The molecule has 2 aliphatic rings. The van der Waals surface area contributed by atoms with Gasteiger partial charge in [0.25, 0.3) is 0 Å². The second kappa shape index (κ2) is 9.07. The molecule has 5 nitrogen and oxygen atoms in total. The van der Waals surface area contributed by atoms with Crippen LogP contribution in [-0.2, 0) is 24.2 Å². The molecule has 6 heteroatoms. The first kappa shape index (κ1) is 19.4. The van der Waals surface area contributed by atoms with E-state index in [4.69, 9.17) is 4.74 Å². The van der Waals surface area contributed by atoms with E-state index in [0.717, 1.165) is 57.9 Å². The monoisotopic (exact) mass is 399 g/mol. The van der Waals surface area contributed by atoms with Crippen LogP contribution in [0.1, 0.15) is 22.9 Å². The van der Waals surface area contributed by atoms with Crippen LogP contribution < -0.4 is 10.1 Å². The number of ether oxygens (including phenoxy) is 1. The van der Waals surface area contributed by atoms with Crippen molar-refractivity contribution in [1.29, 1.82) is 0 Å². The van der Waals surface area contributed by atoms with Crippen LogP contribution in [0.15, 0.2) is 35.7 Å². The summed E-state index contributed by atoms with van der Waals surface area (Å²) in [5.41, 5.74) is 2.70. The topological polar surface area (TPSA) is 44.8 Å². The van der Waals surface area contributed by atoms with Crippen LogP contribution in [0.5, 0.6) is 5.75 Å². The van der Waals surface area contributed by atoms with Gasteiger partial charge in [0, 0.05) is 50.6 Å². The molecular formula is C22H29N3O2S. The minimum atomic E-state index is -0.0670. The van der Waals surface area contributed by atoms with Crippen LogP contribution in [0.2, 0.25) is 0 Å². The smallest absolute Gasteiger partial charge is 0.237 e. The number of carbonyl (C=O) groups excluding carboxylic acids is 1. The van der Waals surface area contributed by atoms with Gasteiger partial charge in [0.1, 0.15) is 5.75 Å². The highest BCUT2D eigenvalue weighted by atomic mass is 32.1. The maximum atomic E-state index is 12.5. The summed E-state index contributed by atoms with van der Waals surface area (Å²) in [5.74, 6) is 1.19. The summed E-state index contributed by atoms with van der Waals surface area (Å²) in [6.07, 6.45) is 1.94. The van der Waals surface area contributed by atoms with Gasteiger partial charge < -0.3 is 10.1 Å². The standard InChI is InChI=1S/C22H29N3O2S/c1-17(22(26)23-8-6-20-3-2-14-28-20)25-11-9-24(10-12-25)16-18-4-5-21-19(15-18)7-13-27-21/h2-5,14-15,17H,6-13,16H2,1H3,(H,23,26). The number of rotatable bonds is 7. The molecule has 2 aromatic rings. The average molecular weight is 400 g/mol. The Morgan fingerprint density at radius 2 is 2.11 bits per heavy atom. The molecule has 0 bridgehead atoms. The summed E-state index contributed by atoms with van der Waals surface area (Å²) < 4.78 is 5.60. The van der Waals surface area contributed by atoms with E-state index >= 15 is 0 Å². The van der Waals surface area contributed by atoms with Crippen molar-refractivity contribution in [2.45, 2.75) is 32.4 Å². The molecule has 0 aliphatic carbocycles. The molecule has 1 N–H and O–H groups in total. The number of carbonyl (C=O) groups is 1. The van der Waals surface area contributed by atoms with E-state index < -0.39 is 0 Å². The third-order valence-corrected chi connectivity index (χ3v) is 6.68. The molecule has 0 saturated carbocycles. The molecule has 0 radical (unpaired) electrons. The predicted molar refractivity (Wildman–Crippen MR) is 113 cm³/mol. The quantitative estimate of drug-likeness (QED) is 0.777. The minimum Gasteiger partial charge on any atom is -0.493 e.